The second-order valence-corrected chi connectivity index (χ2v) is 18.1. The third-order valence-electron chi connectivity index (χ3n) is 11.6. The molecule has 0 aromatic carbocycles. The number of ether oxygens (including phenoxy) is 3. The predicted octanol–water partition coefficient (Wildman–Crippen LogP) is 18.4. The van der Waals surface area contributed by atoms with Crippen LogP contribution in [0.4, 0.5) is 0 Å². The summed E-state index contributed by atoms with van der Waals surface area (Å²) in [6.45, 7) is 6.52. The zero-order chi connectivity index (χ0) is 47.9. The third kappa shape index (κ3) is 51.6. The van der Waals surface area contributed by atoms with Crippen LogP contribution in [0.2, 0.25) is 0 Å². The van der Waals surface area contributed by atoms with Crippen LogP contribution < -0.4 is 0 Å². The number of unbranched alkanes of at least 4 members (excludes halogenated alkanes) is 24. The fourth-order valence-corrected chi connectivity index (χ4v) is 7.39. The summed E-state index contributed by atoms with van der Waals surface area (Å²) in [6, 6.07) is 0. The number of allylic oxidation sites excluding steroid dienone is 14. The Labute approximate surface area is 407 Å². The minimum atomic E-state index is -0.797. The summed E-state index contributed by atoms with van der Waals surface area (Å²) in [5.41, 5.74) is 0. The molecule has 0 fully saturated rings. The second kappa shape index (κ2) is 54.2. The summed E-state index contributed by atoms with van der Waals surface area (Å²) in [6.07, 6.45) is 69.9. The number of hydrogen-bond donors (Lipinski definition) is 0. The van der Waals surface area contributed by atoms with Crippen LogP contribution in [0.1, 0.15) is 258 Å². The fraction of sp³-hybridized carbons (Fsp3) is 0.717. The van der Waals surface area contributed by atoms with Gasteiger partial charge in [-0.25, -0.2) is 0 Å². The van der Waals surface area contributed by atoms with Crippen LogP contribution in [-0.2, 0) is 28.6 Å². The van der Waals surface area contributed by atoms with Crippen molar-refractivity contribution in [1.29, 1.82) is 0 Å². The Balaban J connectivity index is 4.45. The Morgan fingerprint density at radius 1 is 0.303 bits per heavy atom. The van der Waals surface area contributed by atoms with Gasteiger partial charge < -0.3 is 14.2 Å². The van der Waals surface area contributed by atoms with Gasteiger partial charge in [0.2, 0.25) is 0 Å². The van der Waals surface area contributed by atoms with Crippen LogP contribution in [-0.4, -0.2) is 37.2 Å². The normalized spacial score (nSPS) is 12.7. The van der Waals surface area contributed by atoms with Crippen LogP contribution in [0.25, 0.3) is 0 Å². The van der Waals surface area contributed by atoms with Gasteiger partial charge in [0.05, 0.1) is 0 Å². The van der Waals surface area contributed by atoms with E-state index in [0.29, 0.717) is 19.3 Å². The van der Waals surface area contributed by atoms with E-state index in [2.05, 4.69) is 106 Å². The van der Waals surface area contributed by atoms with Crippen molar-refractivity contribution in [3.8, 4) is 0 Å². The first kappa shape index (κ1) is 62.6. The lowest BCUT2D eigenvalue weighted by Crippen LogP contribution is -2.30. The second-order valence-electron chi connectivity index (χ2n) is 18.1. The van der Waals surface area contributed by atoms with E-state index < -0.39 is 6.10 Å². The van der Waals surface area contributed by atoms with Crippen molar-refractivity contribution >= 4 is 17.9 Å². The highest BCUT2D eigenvalue weighted by atomic mass is 16.6. The lowest BCUT2D eigenvalue weighted by Gasteiger charge is -2.18. The number of hydrogen-bond acceptors (Lipinski definition) is 6. The molecule has 0 spiro atoms. The van der Waals surface area contributed by atoms with Crippen molar-refractivity contribution in [3.05, 3.63) is 85.1 Å². The maximum absolute atomic E-state index is 12.8. The van der Waals surface area contributed by atoms with Crippen molar-refractivity contribution in [2.75, 3.05) is 13.2 Å². The van der Waals surface area contributed by atoms with Crippen molar-refractivity contribution in [1.82, 2.24) is 0 Å². The summed E-state index contributed by atoms with van der Waals surface area (Å²) < 4.78 is 16.8. The first-order valence-corrected chi connectivity index (χ1v) is 27.6. The summed E-state index contributed by atoms with van der Waals surface area (Å²) in [5, 5.41) is 0. The molecule has 6 heteroatoms. The summed E-state index contributed by atoms with van der Waals surface area (Å²) in [5.74, 6) is -0.941. The van der Waals surface area contributed by atoms with Gasteiger partial charge in [-0.1, -0.05) is 202 Å². The topological polar surface area (TPSA) is 78.9 Å². The highest BCUT2D eigenvalue weighted by Gasteiger charge is 2.19. The largest absolute Gasteiger partial charge is 0.462 e. The first-order chi connectivity index (χ1) is 32.5. The average molecular weight is 919 g/mol. The highest BCUT2D eigenvalue weighted by molar-refractivity contribution is 5.71. The molecular formula is C60H102O6. The molecule has 0 saturated heterocycles. The molecule has 0 radical (unpaired) electrons. The summed E-state index contributed by atoms with van der Waals surface area (Å²) >= 11 is 0. The SMILES string of the molecule is CCCCC/C=C\C/C=C\C/C=C\C/C=C\CCCCCC(=O)OC[C@@H](COC(=O)CCCCCCC/C=C\CCCCC)OC(=O)CCCCCCCCC/C=C\C/C=C\CCCCC. The van der Waals surface area contributed by atoms with Gasteiger partial charge in [-0.2, -0.15) is 0 Å². The summed E-state index contributed by atoms with van der Waals surface area (Å²) in [4.78, 5) is 38.1. The molecular weight excluding hydrogens is 817 g/mol. The number of carbonyl (C=O) groups excluding carboxylic acids is 3. The molecule has 378 valence electrons. The van der Waals surface area contributed by atoms with Crippen LogP contribution >= 0.6 is 0 Å². The minimum absolute atomic E-state index is 0.0948. The molecule has 0 bridgehead atoms. The highest BCUT2D eigenvalue weighted by Crippen LogP contribution is 2.14. The molecule has 0 aliphatic rings. The lowest BCUT2D eigenvalue weighted by atomic mass is 10.1. The zero-order valence-corrected chi connectivity index (χ0v) is 43.2. The van der Waals surface area contributed by atoms with Gasteiger partial charge in [-0.3, -0.25) is 14.4 Å². The van der Waals surface area contributed by atoms with Crippen LogP contribution in [0.5, 0.6) is 0 Å². The Hall–Kier alpha value is -3.41. The van der Waals surface area contributed by atoms with E-state index in [1.165, 1.54) is 116 Å². The molecule has 0 aliphatic carbocycles. The van der Waals surface area contributed by atoms with Crippen LogP contribution in [0.15, 0.2) is 85.1 Å². The van der Waals surface area contributed by atoms with E-state index in [9.17, 15) is 14.4 Å². The molecule has 6 nitrogen and oxygen atoms in total. The molecule has 0 unspecified atom stereocenters. The average Bonchev–Trinajstić information content (AvgIpc) is 3.31. The first-order valence-electron chi connectivity index (χ1n) is 27.6. The molecule has 0 heterocycles. The van der Waals surface area contributed by atoms with Gasteiger partial charge in [-0.05, 0) is 122 Å². The zero-order valence-electron chi connectivity index (χ0n) is 43.2. The third-order valence-corrected chi connectivity index (χ3v) is 11.6. The van der Waals surface area contributed by atoms with E-state index in [4.69, 9.17) is 14.2 Å². The Morgan fingerprint density at radius 2 is 0.545 bits per heavy atom. The van der Waals surface area contributed by atoms with E-state index in [1.807, 2.05) is 0 Å². The van der Waals surface area contributed by atoms with Gasteiger partial charge in [0.15, 0.2) is 6.10 Å². The number of rotatable bonds is 49. The number of esters is 3. The quantitative estimate of drug-likeness (QED) is 0.0262. The van der Waals surface area contributed by atoms with Gasteiger partial charge >= 0.3 is 17.9 Å². The standard InChI is InChI=1S/C60H102O6/c1-4-7-10-13-16-19-22-25-27-29-30-32-33-35-38-41-44-47-50-53-59(62)65-56-57(55-64-58(61)52-49-46-43-40-37-24-21-18-15-12-9-6-3)66-60(63)54-51-48-45-42-39-36-34-31-28-26-23-20-17-14-11-8-5-2/h16-21,25-28,30,32,35,38,57H,4-15,22-24,29,31,33-34,36-37,39-56H2,1-3H3/b19-16-,20-17-,21-18-,27-25-,28-26-,32-30-,38-35-/t57-/m1/s1. The predicted molar refractivity (Wildman–Crippen MR) is 284 cm³/mol. The van der Waals surface area contributed by atoms with Gasteiger partial charge in [0.25, 0.3) is 0 Å². The minimum Gasteiger partial charge on any atom is -0.462 e. The molecule has 0 amide bonds. The monoisotopic (exact) mass is 919 g/mol. The molecule has 0 aromatic heterocycles. The van der Waals surface area contributed by atoms with Crippen LogP contribution in [0, 0.1) is 0 Å². The van der Waals surface area contributed by atoms with Crippen molar-refractivity contribution in [2.45, 2.75) is 264 Å². The smallest absolute Gasteiger partial charge is 0.306 e. The van der Waals surface area contributed by atoms with Gasteiger partial charge in [0.1, 0.15) is 13.2 Å². The molecule has 0 aromatic rings. The maximum atomic E-state index is 12.8. The molecule has 0 N–H and O–H groups in total. The Kier molecular flexibility index (Phi) is 51.4. The Morgan fingerprint density at radius 3 is 0.879 bits per heavy atom. The van der Waals surface area contributed by atoms with Crippen molar-refractivity contribution in [3.63, 3.8) is 0 Å². The maximum Gasteiger partial charge on any atom is 0.306 e. The molecule has 1 atom stereocenters. The molecule has 0 aliphatic heterocycles. The van der Waals surface area contributed by atoms with Gasteiger partial charge in [0, 0.05) is 19.3 Å². The van der Waals surface area contributed by atoms with E-state index >= 15 is 0 Å². The van der Waals surface area contributed by atoms with Gasteiger partial charge in [-0.15, -0.1) is 0 Å². The number of carbonyl (C=O) groups is 3. The van der Waals surface area contributed by atoms with Crippen molar-refractivity contribution < 1.29 is 28.6 Å². The van der Waals surface area contributed by atoms with E-state index in [1.54, 1.807) is 0 Å². The summed E-state index contributed by atoms with van der Waals surface area (Å²) in [7, 11) is 0. The lowest BCUT2D eigenvalue weighted by molar-refractivity contribution is -0.167. The fourth-order valence-electron chi connectivity index (χ4n) is 7.39. The Bertz CT molecular complexity index is 1290. The van der Waals surface area contributed by atoms with E-state index in [-0.39, 0.29) is 31.1 Å². The molecule has 66 heavy (non-hydrogen) atoms. The van der Waals surface area contributed by atoms with Crippen molar-refractivity contribution in [2.24, 2.45) is 0 Å². The van der Waals surface area contributed by atoms with E-state index in [0.717, 1.165) is 103 Å². The molecule has 0 rings (SSSR count). The molecule has 0 saturated carbocycles. The van der Waals surface area contributed by atoms with Crippen LogP contribution in [0.3, 0.4) is 0 Å².